The van der Waals surface area contributed by atoms with E-state index in [1.807, 2.05) is 29.8 Å². The molecular weight excluding hydrogens is 219 g/mol. The zero-order valence-corrected chi connectivity index (χ0v) is 9.23. The summed E-state index contributed by atoms with van der Waals surface area (Å²) in [4.78, 5) is 0. The Kier molecular flexibility index (Phi) is 2.43. The number of aryl methyl sites for hydroxylation is 1. The molecular formula is C10H10Cl2N2. The molecule has 0 saturated carbocycles. The van der Waals surface area contributed by atoms with Crippen LogP contribution < -0.4 is 5.73 Å². The Bertz CT molecular complexity index is 488. The van der Waals surface area contributed by atoms with Crippen molar-refractivity contribution in [1.82, 2.24) is 4.57 Å². The van der Waals surface area contributed by atoms with Gasteiger partial charge in [0.25, 0.3) is 0 Å². The van der Waals surface area contributed by atoms with Gasteiger partial charge in [0.15, 0.2) is 0 Å². The summed E-state index contributed by atoms with van der Waals surface area (Å²) in [5, 5.41) is 2.32. The van der Waals surface area contributed by atoms with Crippen LogP contribution in [-0.2, 0) is 13.6 Å². The average Bonchev–Trinajstić information content (AvgIpc) is 2.43. The van der Waals surface area contributed by atoms with Gasteiger partial charge in [0.1, 0.15) is 5.15 Å². The van der Waals surface area contributed by atoms with Gasteiger partial charge in [0.2, 0.25) is 0 Å². The van der Waals surface area contributed by atoms with Gasteiger partial charge in [0, 0.05) is 24.5 Å². The lowest BCUT2D eigenvalue weighted by atomic mass is 10.2. The Morgan fingerprint density at radius 2 is 2.07 bits per heavy atom. The van der Waals surface area contributed by atoms with Gasteiger partial charge in [-0.3, -0.25) is 0 Å². The van der Waals surface area contributed by atoms with Crippen molar-refractivity contribution in [1.29, 1.82) is 0 Å². The van der Waals surface area contributed by atoms with Gasteiger partial charge in [-0.2, -0.15) is 0 Å². The molecule has 0 radical (unpaired) electrons. The van der Waals surface area contributed by atoms with E-state index in [1.54, 1.807) is 0 Å². The zero-order valence-electron chi connectivity index (χ0n) is 7.72. The lowest BCUT2D eigenvalue weighted by Gasteiger charge is -1.97. The van der Waals surface area contributed by atoms with Crippen LogP contribution in [-0.4, -0.2) is 4.57 Å². The first-order valence-corrected chi connectivity index (χ1v) is 5.03. The van der Waals surface area contributed by atoms with Crippen molar-refractivity contribution in [2.24, 2.45) is 12.8 Å². The lowest BCUT2D eigenvalue weighted by molar-refractivity contribution is 0.950. The number of halogens is 2. The molecule has 0 atom stereocenters. The summed E-state index contributed by atoms with van der Waals surface area (Å²) in [6, 6.07) is 5.73. The molecule has 2 rings (SSSR count). The number of benzene rings is 1. The smallest absolute Gasteiger partial charge is 0.114 e. The number of hydrogen-bond donors (Lipinski definition) is 1. The molecule has 0 spiro atoms. The average molecular weight is 229 g/mol. The molecule has 0 fully saturated rings. The van der Waals surface area contributed by atoms with Crippen LogP contribution in [0.3, 0.4) is 0 Å². The fourth-order valence-corrected chi connectivity index (χ4v) is 2.23. The highest BCUT2D eigenvalue weighted by atomic mass is 35.5. The minimum atomic E-state index is 0.403. The summed E-state index contributed by atoms with van der Waals surface area (Å²) in [6.45, 7) is 0.403. The Hall–Kier alpha value is -0.700. The molecule has 2 N–H and O–H groups in total. The molecule has 1 heterocycles. The Morgan fingerprint density at radius 1 is 1.36 bits per heavy atom. The highest BCUT2D eigenvalue weighted by molar-refractivity contribution is 6.38. The van der Waals surface area contributed by atoms with Gasteiger partial charge in [0.05, 0.1) is 10.5 Å². The minimum absolute atomic E-state index is 0.403. The van der Waals surface area contributed by atoms with Crippen LogP contribution in [0.4, 0.5) is 0 Å². The van der Waals surface area contributed by atoms with Crippen molar-refractivity contribution >= 4 is 34.1 Å². The van der Waals surface area contributed by atoms with Crippen LogP contribution in [0.25, 0.3) is 10.9 Å². The third-order valence-electron chi connectivity index (χ3n) is 2.40. The monoisotopic (exact) mass is 228 g/mol. The molecule has 0 unspecified atom stereocenters. The number of nitrogens with zero attached hydrogens (tertiary/aromatic N) is 1. The lowest BCUT2D eigenvalue weighted by Crippen LogP contribution is -1.96. The summed E-state index contributed by atoms with van der Waals surface area (Å²) < 4.78 is 1.89. The van der Waals surface area contributed by atoms with Gasteiger partial charge in [-0.15, -0.1) is 0 Å². The largest absolute Gasteiger partial charge is 0.334 e. The van der Waals surface area contributed by atoms with E-state index >= 15 is 0 Å². The van der Waals surface area contributed by atoms with Crippen molar-refractivity contribution < 1.29 is 0 Å². The molecule has 2 aromatic rings. The van der Waals surface area contributed by atoms with Gasteiger partial charge in [-0.05, 0) is 12.1 Å². The zero-order chi connectivity index (χ0) is 10.3. The third-order valence-corrected chi connectivity index (χ3v) is 3.20. The summed E-state index contributed by atoms with van der Waals surface area (Å²) in [5.74, 6) is 0. The predicted octanol–water partition coefficient (Wildman–Crippen LogP) is 2.94. The number of rotatable bonds is 1. The van der Waals surface area contributed by atoms with Gasteiger partial charge >= 0.3 is 0 Å². The highest BCUT2D eigenvalue weighted by Crippen LogP contribution is 2.33. The molecule has 1 aromatic heterocycles. The van der Waals surface area contributed by atoms with E-state index in [0.717, 1.165) is 16.5 Å². The second kappa shape index (κ2) is 3.46. The first-order valence-electron chi connectivity index (χ1n) is 4.28. The van der Waals surface area contributed by atoms with E-state index < -0.39 is 0 Å². The molecule has 14 heavy (non-hydrogen) atoms. The van der Waals surface area contributed by atoms with Gasteiger partial charge in [-0.1, -0.05) is 29.3 Å². The molecule has 4 heteroatoms. The fraction of sp³-hybridized carbons (Fsp3) is 0.200. The van der Waals surface area contributed by atoms with Crippen LogP contribution in [0.2, 0.25) is 10.2 Å². The second-order valence-electron chi connectivity index (χ2n) is 3.17. The topological polar surface area (TPSA) is 30.9 Å². The first-order chi connectivity index (χ1) is 6.66. The number of fused-ring (bicyclic) bond motifs is 1. The van der Waals surface area contributed by atoms with Gasteiger partial charge < -0.3 is 10.3 Å². The van der Waals surface area contributed by atoms with Crippen molar-refractivity contribution in [2.45, 2.75) is 6.54 Å². The van der Waals surface area contributed by atoms with Gasteiger partial charge in [-0.25, -0.2) is 0 Å². The maximum Gasteiger partial charge on any atom is 0.114 e. The summed E-state index contributed by atoms with van der Waals surface area (Å²) in [5.41, 5.74) is 7.57. The van der Waals surface area contributed by atoms with E-state index in [2.05, 4.69) is 0 Å². The molecule has 0 aliphatic rings. The summed E-state index contributed by atoms with van der Waals surface area (Å²) in [6.07, 6.45) is 0. The quantitative estimate of drug-likeness (QED) is 0.800. The fourth-order valence-electron chi connectivity index (χ4n) is 1.69. The van der Waals surface area contributed by atoms with Crippen LogP contribution in [0.15, 0.2) is 18.2 Å². The normalized spacial score (nSPS) is 11.1. The highest BCUT2D eigenvalue weighted by Gasteiger charge is 2.13. The summed E-state index contributed by atoms with van der Waals surface area (Å²) in [7, 11) is 1.90. The van der Waals surface area contributed by atoms with Crippen LogP contribution >= 0.6 is 23.2 Å². The Labute approximate surface area is 92.2 Å². The SMILES string of the molecule is Cn1c(Cl)c(CN)c2c(Cl)cccc21. The van der Waals surface area contributed by atoms with Crippen LogP contribution in [0.1, 0.15) is 5.56 Å². The molecule has 0 bridgehead atoms. The Morgan fingerprint density at radius 3 is 2.71 bits per heavy atom. The maximum atomic E-state index is 6.13. The number of nitrogens with two attached hydrogens (primary N) is 1. The summed E-state index contributed by atoms with van der Waals surface area (Å²) >= 11 is 12.2. The van der Waals surface area contributed by atoms with E-state index in [4.69, 9.17) is 28.9 Å². The van der Waals surface area contributed by atoms with Crippen molar-refractivity contribution in [2.75, 3.05) is 0 Å². The molecule has 0 aliphatic heterocycles. The predicted molar refractivity (Wildman–Crippen MR) is 60.8 cm³/mol. The minimum Gasteiger partial charge on any atom is -0.334 e. The maximum absolute atomic E-state index is 6.13. The standard InChI is InChI=1S/C10H10Cl2N2/c1-14-8-4-2-3-7(11)9(8)6(5-13)10(14)12/h2-4H,5,13H2,1H3. The van der Waals surface area contributed by atoms with Crippen molar-refractivity contribution in [3.8, 4) is 0 Å². The molecule has 0 amide bonds. The van der Waals surface area contributed by atoms with Crippen LogP contribution in [0.5, 0.6) is 0 Å². The Balaban J connectivity index is 2.96. The van der Waals surface area contributed by atoms with E-state index in [9.17, 15) is 0 Å². The van der Waals surface area contributed by atoms with Crippen molar-refractivity contribution in [3.63, 3.8) is 0 Å². The van der Waals surface area contributed by atoms with Crippen molar-refractivity contribution in [3.05, 3.63) is 33.9 Å². The molecule has 2 nitrogen and oxygen atoms in total. The molecule has 74 valence electrons. The molecule has 1 aromatic carbocycles. The van der Waals surface area contributed by atoms with E-state index in [1.165, 1.54) is 0 Å². The van der Waals surface area contributed by atoms with E-state index in [-0.39, 0.29) is 0 Å². The van der Waals surface area contributed by atoms with E-state index in [0.29, 0.717) is 16.7 Å². The second-order valence-corrected chi connectivity index (χ2v) is 3.93. The van der Waals surface area contributed by atoms with Crippen LogP contribution in [0, 0.1) is 0 Å². The first kappa shape index (κ1) is 9.84. The molecule has 0 aliphatic carbocycles. The molecule has 0 saturated heterocycles. The number of hydrogen-bond acceptors (Lipinski definition) is 1. The third kappa shape index (κ3) is 1.22. The number of aromatic nitrogens is 1.